The van der Waals surface area contributed by atoms with Gasteiger partial charge in [0, 0.05) is 36.6 Å². The summed E-state index contributed by atoms with van der Waals surface area (Å²) < 4.78 is 38.6. The summed E-state index contributed by atoms with van der Waals surface area (Å²) in [4.78, 5) is 14.4. The monoisotopic (exact) mass is 400 g/mol. The van der Waals surface area contributed by atoms with E-state index in [1.165, 1.54) is 6.07 Å². The number of carbonyl (C=O) groups excluding carboxylic acids is 1. The summed E-state index contributed by atoms with van der Waals surface area (Å²) in [5.74, 6) is -0.337. The molecule has 0 spiro atoms. The summed E-state index contributed by atoms with van der Waals surface area (Å²) in [6.07, 6.45) is -4.00. The minimum absolute atomic E-state index is 0.289. The van der Waals surface area contributed by atoms with Crippen molar-refractivity contribution in [2.45, 2.75) is 19.1 Å². The number of hydrogen-bond acceptors (Lipinski definition) is 4. The fourth-order valence-corrected chi connectivity index (χ4v) is 3.22. The third kappa shape index (κ3) is 5.15. The van der Waals surface area contributed by atoms with Gasteiger partial charge in [-0.15, -0.1) is 0 Å². The highest BCUT2D eigenvalue weighted by molar-refractivity contribution is 6.04. The molecule has 0 bridgehead atoms. The molecule has 2 aromatic carbocycles. The van der Waals surface area contributed by atoms with E-state index in [9.17, 15) is 18.0 Å². The Morgan fingerprint density at radius 3 is 2.66 bits per heavy atom. The van der Waals surface area contributed by atoms with Gasteiger partial charge in [-0.25, -0.2) is 0 Å². The van der Waals surface area contributed by atoms with Crippen LogP contribution in [0.15, 0.2) is 59.8 Å². The molecule has 0 atom stereocenters. The minimum atomic E-state index is -4.38. The Labute approximate surface area is 166 Å². The van der Waals surface area contributed by atoms with Crippen LogP contribution in [-0.2, 0) is 17.5 Å². The van der Waals surface area contributed by atoms with Crippen molar-refractivity contribution < 1.29 is 18.0 Å². The molecule has 0 fully saturated rings. The number of amides is 1. The van der Waals surface area contributed by atoms with Crippen LogP contribution in [0.3, 0.4) is 0 Å². The first-order valence-electron chi connectivity index (χ1n) is 8.94. The van der Waals surface area contributed by atoms with Crippen LogP contribution >= 0.6 is 0 Å². The van der Waals surface area contributed by atoms with Gasteiger partial charge in [0.05, 0.1) is 17.2 Å². The second-order valence-electron chi connectivity index (χ2n) is 6.81. The van der Waals surface area contributed by atoms with E-state index in [1.54, 1.807) is 30.3 Å². The maximum absolute atomic E-state index is 12.9. The van der Waals surface area contributed by atoms with Gasteiger partial charge < -0.3 is 11.1 Å². The second-order valence-corrected chi connectivity index (χ2v) is 6.81. The van der Waals surface area contributed by atoms with Crippen LogP contribution in [-0.4, -0.2) is 23.9 Å². The molecule has 5 nitrogen and oxygen atoms in total. The predicted octanol–water partition coefficient (Wildman–Crippen LogP) is 3.63. The molecule has 1 aliphatic rings. The van der Waals surface area contributed by atoms with Crippen LogP contribution in [0.1, 0.15) is 23.1 Å². The number of alkyl halides is 3. The van der Waals surface area contributed by atoms with Crippen LogP contribution in [0.25, 0.3) is 0 Å². The van der Waals surface area contributed by atoms with Crippen LogP contribution in [0.2, 0.25) is 0 Å². The zero-order valence-corrected chi connectivity index (χ0v) is 15.5. The largest absolute Gasteiger partial charge is 0.416 e. The van der Waals surface area contributed by atoms with Gasteiger partial charge in [0.1, 0.15) is 0 Å². The van der Waals surface area contributed by atoms with E-state index >= 15 is 0 Å². The van der Waals surface area contributed by atoms with Crippen LogP contribution in [0.4, 0.5) is 18.9 Å². The van der Waals surface area contributed by atoms with Gasteiger partial charge in [0.25, 0.3) is 5.91 Å². The van der Waals surface area contributed by atoms with Gasteiger partial charge in [-0.2, -0.15) is 18.4 Å². The lowest BCUT2D eigenvalue weighted by atomic mass is 10.0. The molecule has 0 aromatic heterocycles. The number of anilines is 1. The summed E-state index contributed by atoms with van der Waals surface area (Å²) in [5.41, 5.74) is 7.70. The lowest BCUT2D eigenvalue weighted by Crippen LogP contribution is -2.36. The Hall–Kier alpha value is -3.31. The SMILES string of the molecule is N#Cc1cccc(NC(=O)C2=C(N)CN(Cc3cccc(C(F)(F)F)c3)CC2)c1. The van der Waals surface area contributed by atoms with Gasteiger partial charge in [-0.3, -0.25) is 9.69 Å². The van der Waals surface area contributed by atoms with Gasteiger partial charge in [0.2, 0.25) is 0 Å². The molecular weight excluding hydrogens is 381 g/mol. The number of rotatable bonds is 4. The number of benzene rings is 2. The van der Waals surface area contributed by atoms with Gasteiger partial charge in [-0.1, -0.05) is 24.3 Å². The van der Waals surface area contributed by atoms with Gasteiger partial charge >= 0.3 is 6.18 Å². The van der Waals surface area contributed by atoms with Crippen molar-refractivity contribution in [1.29, 1.82) is 5.26 Å². The number of carbonyl (C=O) groups is 1. The Balaban J connectivity index is 1.66. The van der Waals surface area contributed by atoms with E-state index in [-0.39, 0.29) is 12.5 Å². The Kier molecular flexibility index (Phi) is 5.89. The smallest absolute Gasteiger partial charge is 0.401 e. The normalized spacial score (nSPS) is 15.1. The van der Waals surface area contributed by atoms with Crippen molar-refractivity contribution in [2.24, 2.45) is 5.73 Å². The van der Waals surface area contributed by atoms with Crippen molar-refractivity contribution in [3.63, 3.8) is 0 Å². The average Bonchev–Trinajstić information content (AvgIpc) is 2.67. The van der Waals surface area contributed by atoms with E-state index < -0.39 is 11.7 Å². The lowest BCUT2D eigenvalue weighted by molar-refractivity contribution is -0.137. The maximum atomic E-state index is 12.9. The van der Waals surface area contributed by atoms with Crippen LogP contribution in [0, 0.1) is 11.3 Å². The third-order valence-electron chi connectivity index (χ3n) is 4.64. The highest BCUT2D eigenvalue weighted by atomic mass is 19.4. The quantitative estimate of drug-likeness (QED) is 0.821. The van der Waals surface area contributed by atoms with Crippen molar-refractivity contribution in [1.82, 2.24) is 4.90 Å². The van der Waals surface area contributed by atoms with Crippen LogP contribution in [0.5, 0.6) is 0 Å². The van der Waals surface area contributed by atoms with Gasteiger partial charge in [-0.05, 0) is 36.2 Å². The Morgan fingerprint density at radius 2 is 1.97 bits per heavy atom. The predicted molar refractivity (Wildman–Crippen MR) is 102 cm³/mol. The summed E-state index contributed by atoms with van der Waals surface area (Å²) in [5, 5.41) is 11.7. The molecule has 3 rings (SSSR count). The molecule has 3 N–H and O–H groups in total. The molecule has 0 saturated heterocycles. The number of hydrogen-bond donors (Lipinski definition) is 2. The maximum Gasteiger partial charge on any atom is 0.416 e. The molecule has 1 heterocycles. The summed E-state index contributed by atoms with van der Waals surface area (Å²) in [6.45, 7) is 1.10. The summed E-state index contributed by atoms with van der Waals surface area (Å²) in [7, 11) is 0. The number of halogens is 3. The summed E-state index contributed by atoms with van der Waals surface area (Å²) >= 11 is 0. The number of nitrogens with zero attached hydrogens (tertiary/aromatic N) is 2. The highest BCUT2D eigenvalue weighted by Gasteiger charge is 2.30. The fourth-order valence-electron chi connectivity index (χ4n) is 3.22. The third-order valence-corrected chi connectivity index (χ3v) is 4.64. The first-order chi connectivity index (χ1) is 13.8. The number of nitriles is 1. The Morgan fingerprint density at radius 1 is 1.21 bits per heavy atom. The molecule has 1 amide bonds. The fraction of sp³-hybridized carbons (Fsp3) is 0.238. The topological polar surface area (TPSA) is 82.1 Å². The molecule has 29 heavy (non-hydrogen) atoms. The zero-order valence-electron chi connectivity index (χ0n) is 15.5. The molecule has 1 aliphatic heterocycles. The molecule has 0 unspecified atom stereocenters. The Bertz CT molecular complexity index is 992. The average molecular weight is 400 g/mol. The van der Waals surface area contributed by atoms with Crippen molar-refractivity contribution in [3.05, 3.63) is 76.5 Å². The molecule has 2 aromatic rings. The molecular formula is C21H19F3N4O. The van der Waals surface area contributed by atoms with Crippen molar-refractivity contribution in [2.75, 3.05) is 18.4 Å². The number of nitrogens with one attached hydrogen (secondary N) is 1. The van der Waals surface area contributed by atoms with E-state index in [1.807, 2.05) is 11.0 Å². The standard InChI is InChI=1S/C21H19F3N4O/c22-21(23,24)16-5-1-4-15(9-16)12-28-8-7-18(19(26)13-28)20(29)27-17-6-2-3-14(10-17)11-25/h1-6,9-10H,7-8,12-13,26H2,(H,27,29). The molecule has 0 aliphatic carbocycles. The molecule has 150 valence electrons. The second kappa shape index (κ2) is 8.37. The minimum Gasteiger partial charge on any atom is -0.401 e. The first-order valence-corrected chi connectivity index (χ1v) is 8.94. The first kappa shape index (κ1) is 20.4. The van der Waals surface area contributed by atoms with E-state index in [2.05, 4.69) is 5.32 Å². The van der Waals surface area contributed by atoms with E-state index in [0.717, 1.165) is 12.1 Å². The van der Waals surface area contributed by atoms with Crippen molar-refractivity contribution in [3.8, 4) is 6.07 Å². The molecule has 0 radical (unpaired) electrons. The molecule has 0 saturated carbocycles. The summed E-state index contributed by atoms with van der Waals surface area (Å²) in [6, 6.07) is 13.7. The molecule has 8 heteroatoms. The number of nitrogens with two attached hydrogens (primary N) is 1. The van der Waals surface area contributed by atoms with Crippen molar-refractivity contribution >= 4 is 11.6 Å². The zero-order chi connectivity index (χ0) is 21.0. The van der Waals surface area contributed by atoms with E-state index in [4.69, 9.17) is 11.0 Å². The lowest BCUT2D eigenvalue weighted by Gasteiger charge is -2.29. The van der Waals surface area contributed by atoms with Gasteiger partial charge in [0.15, 0.2) is 0 Å². The van der Waals surface area contributed by atoms with Crippen LogP contribution < -0.4 is 11.1 Å². The van der Waals surface area contributed by atoms with E-state index in [0.29, 0.717) is 47.6 Å². The highest BCUT2D eigenvalue weighted by Crippen LogP contribution is 2.30.